The predicted molar refractivity (Wildman–Crippen MR) is 96.9 cm³/mol. The van der Waals surface area contributed by atoms with E-state index in [4.69, 9.17) is 4.74 Å². The van der Waals surface area contributed by atoms with Crippen LogP contribution in [0.5, 0.6) is 0 Å². The second-order valence-electron chi connectivity index (χ2n) is 8.23. The van der Waals surface area contributed by atoms with E-state index < -0.39 is 8.07 Å². The first-order chi connectivity index (χ1) is 10.8. The van der Waals surface area contributed by atoms with E-state index in [9.17, 15) is 4.79 Å². The van der Waals surface area contributed by atoms with Gasteiger partial charge in [-0.2, -0.15) is 0 Å². The van der Waals surface area contributed by atoms with E-state index >= 15 is 0 Å². The normalized spacial score (nSPS) is 31.2. The van der Waals surface area contributed by atoms with E-state index in [0.29, 0.717) is 18.0 Å². The van der Waals surface area contributed by atoms with Gasteiger partial charge in [-0.05, 0) is 31.9 Å². The maximum atomic E-state index is 12.5. The van der Waals surface area contributed by atoms with Crippen LogP contribution in [0.15, 0.2) is 24.3 Å². The van der Waals surface area contributed by atoms with Crippen molar-refractivity contribution in [1.29, 1.82) is 0 Å². The lowest BCUT2D eigenvalue weighted by Crippen LogP contribution is -2.49. The number of hydrogen-bond acceptors (Lipinski definition) is 3. The smallest absolute Gasteiger partial charge is 0.310 e. The molecule has 2 aliphatic rings. The molecule has 0 saturated carbocycles. The van der Waals surface area contributed by atoms with Crippen LogP contribution in [0.2, 0.25) is 19.6 Å². The predicted octanol–water partition coefficient (Wildman–Crippen LogP) is 2.97. The quantitative estimate of drug-likeness (QED) is 0.630. The van der Waals surface area contributed by atoms with E-state index in [2.05, 4.69) is 55.9 Å². The van der Waals surface area contributed by atoms with Crippen LogP contribution in [0, 0.1) is 5.92 Å². The van der Waals surface area contributed by atoms with Crippen molar-refractivity contribution in [3.05, 3.63) is 29.8 Å². The van der Waals surface area contributed by atoms with E-state index in [0.717, 1.165) is 12.8 Å². The molecule has 126 valence electrons. The number of ether oxygens (including phenoxy) is 1. The maximum absolute atomic E-state index is 12.5. The summed E-state index contributed by atoms with van der Waals surface area (Å²) in [5, 5.41) is 1.48. The van der Waals surface area contributed by atoms with Gasteiger partial charge in [0.1, 0.15) is 0 Å². The van der Waals surface area contributed by atoms with Gasteiger partial charge in [0.05, 0.1) is 21.1 Å². The standard InChI is InChI=1S/C19H29NO2Si/c1-20-14-8-11-17(20)18(19(21)22-2)16(12-14)13-6-9-15(10-7-13)23(3,4)5/h6-7,9-10,14,16-18H,8,11-12H2,1-5H3/t14-,16+,17+,18-/m0/s1. The Morgan fingerprint density at radius 1 is 1.17 bits per heavy atom. The molecule has 1 aromatic rings. The molecule has 3 nitrogen and oxygen atoms in total. The van der Waals surface area contributed by atoms with E-state index in [1.165, 1.54) is 24.3 Å². The molecule has 0 radical (unpaired) electrons. The van der Waals surface area contributed by atoms with Crippen molar-refractivity contribution >= 4 is 19.2 Å². The summed E-state index contributed by atoms with van der Waals surface area (Å²) in [7, 11) is 2.42. The zero-order chi connectivity index (χ0) is 16.8. The Morgan fingerprint density at radius 3 is 2.39 bits per heavy atom. The Hall–Kier alpha value is -1.13. The molecular formula is C19H29NO2Si. The third kappa shape index (κ3) is 2.99. The van der Waals surface area contributed by atoms with Crippen LogP contribution in [-0.2, 0) is 9.53 Å². The highest BCUT2D eigenvalue weighted by atomic mass is 28.3. The van der Waals surface area contributed by atoms with Crippen molar-refractivity contribution in [3.8, 4) is 0 Å². The molecule has 4 atom stereocenters. The monoisotopic (exact) mass is 331 g/mol. The average molecular weight is 332 g/mol. The number of benzene rings is 1. The summed E-state index contributed by atoms with van der Waals surface area (Å²) in [4.78, 5) is 14.9. The second kappa shape index (κ2) is 6.06. The van der Waals surface area contributed by atoms with Gasteiger partial charge in [-0.1, -0.05) is 49.1 Å². The molecule has 1 aromatic carbocycles. The third-order valence-electron chi connectivity index (χ3n) is 5.95. The lowest BCUT2D eigenvalue weighted by Gasteiger charge is -2.41. The van der Waals surface area contributed by atoms with Crippen molar-refractivity contribution < 1.29 is 9.53 Å². The second-order valence-corrected chi connectivity index (χ2v) is 13.3. The van der Waals surface area contributed by atoms with Crippen LogP contribution in [0.25, 0.3) is 0 Å². The average Bonchev–Trinajstić information content (AvgIpc) is 2.75. The highest BCUT2D eigenvalue weighted by Crippen LogP contribution is 2.46. The molecule has 2 saturated heterocycles. The first-order valence-electron chi connectivity index (χ1n) is 8.73. The van der Waals surface area contributed by atoms with Crippen LogP contribution >= 0.6 is 0 Å². The summed E-state index contributed by atoms with van der Waals surface area (Å²) in [5.74, 6) is 0.231. The number of methoxy groups -OCH3 is 1. The first kappa shape index (κ1) is 16.7. The van der Waals surface area contributed by atoms with Gasteiger partial charge >= 0.3 is 5.97 Å². The highest BCUT2D eigenvalue weighted by Gasteiger charge is 2.49. The molecule has 2 bridgehead atoms. The Kier molecular flexibility index (Phi) is 4.40. The molecule has 4 heteroatoms. The minimum atomic E-state index is -1.28. The number of fused-ring (bicyclic) bond motifs is 2. The molecule has 2 aliphatic heterocycles. The first-order valence-corrected chi connectivity index (χ1v) is 12.2. The van der Waals surface area contributed by atoms with E-state index in [-0.39, 0.29) is 11.9 Å². The summed E-state index contributed by atoms with van der Waals surface area (Å²) in [6, 6.07) is 10.1. The van der Waals surface area contributed by atoms with Gasteiger partial charge in [-0.15, -0.1) is 0 Å². The summed E-state index contributed by atoms with van der Waals surface area (Å²) < 4.78 is 5.16. The largest absolute Gasteiger partial charge is 0.469 e. The molecule has 23 heavy (non-hydrogen) atoms. The SMILES string of the molecule is COC(=O)[C@H]1[C@@H](c2ccc([Si](C)(C)C)cc2)C[C@@H]2CC[C@H]1N2C. The lowest BCUT2D eigenvalue weighted by atomic mass is 9.76. The molecule has 0 aliphatic carbocycles. The van der Waals surface area contributed by atoms with Crippen LogP contribution in [0.3, 0.4) is 0 Å². The summed E-state index contributed by atoms with van der Waals surface area (Å²) in [5.41, 5.74) is 1.31. The molecular weight excluding hydrogens is 302 g/mol. The van der Waals surface area contributed by atoms with Crippen LogP contribution < -0.4 is 5.19 Å². The zero-order valence-electron chi connectivity index (χ0n) is 15.0. The van der Waals surface area contributed by atoms with Crippen molar-refractivity contribution in [1.82, 2.24) is 4.90 Å². The van der Waals surface area contributed by atoms with Gasteiger partial charge in [0, 0.05) is 18.0 Å². The number of esters is 1. The molecule has 0 aromatic heterocycles. The summed E-state index contributed by atoms with van der Waals surface area (Å²) >= 11 is 0. The Morgan fingerprint density at radius 2 is 1.83 bits per heavy atom. The van der Waals surface area contributed by atoms with E-state index in [1.54, 1.807) is 0 Å². The molecule has 0 N–H and O–H groups in total. The Bertz CT molecular complexity index is 578. The molecule has 2 heterocycles. The Labute approximate surface area is 141 Å². The number of carbonyl (C=O) groups is 1. The topological polar surface area (TPSA) is 29.5 Å². The zero-order valence-corrected chi connectivity index (χ0v) is 16.0. The number of hydrogen-bond donors (Lipinski definition) is 0. The fourth-order valence-electron chi connectivity index (χ4n) is 4.50. The fraction of sp³-hybridized carbons (Fsp3) is 0.632. The van der Waals surface area contributed by atoms with Crippen molar-refractivity contribution in [2.75, 3.05) is 14.2 Å². The van der Waals surface area contributed by atoms with Gasteiger partial charge in [-0.25, -0.2) is 0 Å². The van der Waals surface area contributed by atoms with Crippen molar-refractivity contribution in [3.63, 3.8) is 0 Å². The molecule has 0 unspecified atom stereocenters. The minimum Gasteiger partial charge on any atom is -0.469 e. The van der Waals surface area contributed by atoms with Crippen LogP contribution in [-0.4, -0.2) is 45.2 Å². The molecule has 0 amide bonds. The summed E-state index contributed by atoms with van der Waals surface area (Å²) in [6.45, 7) is 7.11. The molecule has 3 rings (SSSR count). The molecule has 2 fully saturated rings. The number of rotatable bonds is 3. The maximum Gasteiger partial charge on any atom is 0.310 e. The minimum absolute atomic E-state index is 0.0264. The fourth-order valence-corrected chi connectivity index (χ4v) is 5.66. The van der Waals surface area contributed by atoms with Gasteiger partial charge in [-0.3, -0.25) is 9.69 Å². The number of carbonyl (C=O) groups excluding carboxylic acids is 1. The van der Waals surface area contributed by atoms with Crippen LogP contribution in [0.1, 0.15) is 30.7 Å². The van der Waals surface area contributed by atoms with E-state index in [1.807, 2.05) is 0 Å². The number of piperidine rings is 1. The number of nitrogens with zero attached hydrogens (tertiary/aromatic N) is 1. The Balaban J connectivity index is 1.92. The van der Waals surface area contributed by atoms with Gasteiger partial charge < -0.3 is 4.74 Å². The van der Waals surface area contributed by atoms with Gasteiger partial charge in [0.2, 0.25) is 0 Å². The van der Waals surface area contributed by atoms with Gasteiger partial charge in [0.15, 0.2) is 0 Å². The third-order valence-corrected chi connectivity index (χ3v) is 8.01. The van der Waals surface area contributed by atoms with Crippen molar-refractivity contribution in [2.45, 2.75) is 56.9 Å². The van der Waals surface area contributed by atoms with Gasteiger partial charge in [0.25, 0.3) is 0 Å². The summed E-state index contributed by atoms with van der Waals surface area (Å²) in [6.07, 6.45) is 3.39. The lowest BCUT2D eigenvalue weighted by molar-refractivity contribution is -0.150. The van der Waals surface area contributed by atoms with Crippen molar-refractivity contribution in [2.24, 2.45) is 5.92 Å². The highest BCUT2D eigenvalue weighted by molar-refractivity contribution is 6.88. The van der Waals surface area contributed by atoms with Crippen LogP contribution in [0.4, 0.5) is 0 Å². The molecule has 0 spiro atoms.